The van der Waals surface area contributed by atoms with E-state index in [0.717, 1.165) is 0 Å². The highest BCUT2D eigenvalue weighted by Crippen LogP contribution is 2.19. The molecule has 0 aliphatic heterocycles. The van der Waals surface area contributed by atoms with Crippen molar-refractivity contribution in [3.8, 4) is 0 Å². The predicted octanol–water partition coefficient (Wildman–Crippen LogP) is 3.92. The lowest BCUT2D eigenvalue weighted by molar-refractivity contribution is -0.218. The molecule has 0 atom stereocenters. The monoisotopic (exact) mass is 312 g/mol. The number of hydrogen-bond donors (Lipinski definition) is 0. The second kappa shape index (κ2) is 8.96. The van der Waals surface area contributed by atoms with Gasteiger partial charge in [0.25, 0.3) is 0 Å². The molecule has 0 aliphatic carbocycles. The zero-order chi connectivity index (χ0) is 14.8. The van der Waals surface area contributed by atoms with Gasteiger partial charge in [0.15, 0.2) is 0 Å². The molecule has 0 fully saturated rings. The maximum absolute atomic E-state index is 10.9. The Kier molecular flexibility index (Phi) is 7.17. The van der Waals surface area contributed by atoms with Crippen LogP contribution in [0.3, 0.4) is 0 Å². The van der Waals surface area contributed by atoms with E-state index >= 15 is 0 Å². The molecule has 0 aromatic heterocycles. The molecule has 0 bridgehead atoms. The van der Waals surface area contributed by atoms with Gasteiger partial charge in [-0.3, -0.25) is 9.68 Å². The number of hydrogen-bond acceptors (Lipinski definition) is 4. The van der Waals surface area contributed by atoms with Crippen LogP contribution in [0, 0.1) is 0 Å². The van der Waals surface area contributed by atoms with Gasteiger partial charge < -0.3 is 0 Å². The van der Waals surface area contributed by atoms with Crippen LogP contribution in [-0.4, -0.2) is 12.4 Å². The second-order valence-corrected chi connectivity index (χ2v) is 4.16. The zero-order valence-corrected chi connectivity index (χ0v) is 11.7. The molecule has 104 valence electrons. The highest BCUT2D eigenvalue weighted by molar-refractivity contribution is 6.41. The Bertz CT molecular complexity index is 537. The molecule has 0 amide bonds. The van der Waals surface area contributed by atoms with Gasteiger partial charge in [-0.2, -0.15) is 0 Å². The maximum Gasteiger partial charge on any atom is 0.386 e. The number of halogens is 2. The lowest BCUT2D eigenvalue weighted by Gasteiger charge is -1.96. The van der Waals surface area contributed by atoms with Crippen LogP contribution in [-0.2, 0) is 14.6 Å². The number of carbonyl (C=O) groups excluding carboxylic acids is 2. The van der Waals surface area contributed by atoms with Crippen molar-refractivity contribution >= 4 is 35.6 Å². The molecule has 2 aromatic rings. The summed E-state index contributed by atoms with van der Waals surface area (Å²) in [5, 5.41) is 1.21. The van der Waals surface area contributed by atoms with E-state index in [0.29, 0.717) is 15.6 Å². The summed E-state index contributed by atoms with van der Waals surface area (Å²) in [5.74, 6) is -0.692. The molecule has 0 heterocycles. The van der Waals surface area contributed by atoms with Crippen LogP contribution < -0.4 is 0 Å². The number of benzene rings is 2. The lowest BCUT2D eigenvalue weighted by atomic mass is 10.2. The van der Waals surface area contributed by atoms with Crippen molar-refractivity contribution in [1.82, 2.24) is 0 Å². The highest BCUT2D eigenvalue weighted by atomic mass is 35.5. The van der Waals surface area contributed by atoms with Gasteiger partial charge in [-0.15, -0.1) is 0 Å². The minimum Gasteiger partial charge on any atom is -0.251 e. The SMILES string of the molecule is Clc1ccccc1Cl.O=COOC(=O)c1ccccc1. The van der Waals surface area contributed by atoms with E-state index in [1.54, 1.807) is 42.5 Å². The molecule has 2 aromatic carbocycles. The van der Waals surface area contributed by atoms with Gasteiger partial charge in [0, 0.05) is 0 Å². The molecule has 0 radical (unpaired) electrons. The fourth-order valence-electron chi connectivity index (χ4n) is 1.12. The Morgan fingerprint density at radius 2 is 1.40 bits per heavy atom. The van der Waals surface area contributed by atoms with Crippen LogP contribution in [0.5, 0.6) is 0 Å². The highest BCUT2D eigenvalue weighted by Gasteiger charge is 2.06. The van der Waals surface area contributed by atoms with Gasteiger partial charge in [0.1, 0.15) is 0 Å². The van der Waals surface area contributed by atoms with Crippen molar-refractivity contribution in [1.29, 1.82) is 0 Å². The third-order valence-corrected chi connectivity index (χ3v) is 2.75. The summed E-state index contributed by atoms with van der Waals surface area (Å²) in [6.45, 7) is 0.0425. The Hall–Kier alpha value is -2.04. The molecule has 20 heavy (non-hydrogen) atoms. The average Bonchev–Trinajstić information content (AvgIpc) is 2.49. The van der Waals surface area contributed by atoms with Crippen molar-refractivity contribution < 1.29 is 19.4 Å². The van der Waals surface area contributed by atoms with Crippen molar-refractivity contribution in [2.75, 3.05) is 0 Å². The van der Waals surface area contributed by atoms with Crippen LogP contribution in [0.25, 0.3) is 0 Å². The summed E-state index contributed by atoms with van der Waals surface area (Å²) in [6.07, 6.45) is 0. The summed E-state index contributed by atoms with van der Waals surface area (Å²) in [4.78, 5) is 28.4. The quantitative estimate of drug-likeness (QED) is 0.489. The number of carbonyl (C=O) groups is 2. The molecular formula is C14H10Cl2O4. The van der Waals surface area contributed by atoms with Crippen LogP contribution in [0.4, 0.5) is 0 Å². The van der Waals surface area contributed by atoms with Crippen LogP contribution >= 0.6 is 23.2 Å². The van der Waals surface area contributed by atoms with Crippen LogP contribution in [0.15, 0.2) is 54.6 Å². The summed E-state index contributed by atoms with van der Waals surface area (Å²) < 4.78 is 0. The van der Waals surface area contributed by atoms with Gasteiger partial charge >= 0.3 is 12.4 Å². The molecule has 0 spiro atoms. The summed E-state index contributed by atoms with van der Waals surface area (Å²) in [6, 6.07) is 15.4. The number of rotatable bonds is 3. The van der Waals surface area contributed by atoms with E-state index in [2.05, 4.69) is 9.78 Å². The fourth-order valence-corrected chi connectivity index (χ4v) is 1.40. The molecule has 0 unspecified atom stereocenters. The predicted molar refractivity (Wildman–Crippen MR) is 75.5 cm³/mol. The van der Waals surface area contributed by atoms with Crippen molar-refractivity contribution in [3.63, 3.8) is 0 Å². The largest absolute Gasteiger partial charge is 0.386 e. The van der Waals surface area contributed by atoms with Crippen molar-refractivity contribution in [2.24, 2.45) is 0 Å². The molecule has 2 rings (SSSR count). The standard InChI is InChI=1S/C8H6O4.C6H4Cl2/c9-6-11-12-8(10)7-4-2-1-3-5-7;7-5-3-1-2-4-6(5)8/h1-6H;1-4H. The van der Waals surface area contributed by atoms with Crippen molar-refractivity contribution in [2.45, 2.75) is 0 Å². The summed E-state index contributed by atoms with van der Waals surface area (Å²) >= 11 is 11.2. The summed E-state index contributed by atoms with van der Waals surface area (Å²) in [7, 11) is 0. The van der Waals surface area contributed by atoms with E-state index in [1.807, 2.05) is 12.1 Å². The van der Waals surface area contributed by atoms with Gasteiger partial charge in [-0.1, -0.05) is 53.5 Å². The fraction of sp³-hybridized carbons (Fsp3) is 0. The Morgan fingerprint density at radius 3 is 1.85 bits per heavy atom. The average molecular weight is 313 g/mol. The molecule has 0 saturated heterocycles. The van der Waals surface area contributed by atoms with E-state index in [1.165, 1.54) is 0 Å². The van der Waals surface area contributed by atoms with Gasteiger partial charge in [0.05, 0.1) is 15.6 Å². The Balaban J connectivity index is 0.000000217. The second-order valence-electron chi connectivity index (χ2n) is 3.34. The molecular weight excluding hydrogens is 303 g/mol. The third-order valence-electron chi connectivity index (χ3n) is 2.00. The van der Waals surface area contributed by atoms with Crippen LogP contribution in [0.2, 0.25) is 10.0 Å². The van der Waals surface area contributed by atoms with Gasteiger partial charge in [0.2, 0.25) is 0 Å². The van der Waals surface area contributed by atoms with E-state index in [9.17, 15) is 9.59 Å². The first-order valence-electron chi connectivity index (χ1n) is 5.41. The Labute approximate surface area is 125 Å². The molecule has 0 aliphatic rings. The topological polar surface area (TPSA) is 52.6 Å². The molecule has 0 saturated carbocycles. The zero-order valence-electron chi connectivity index (χ0n) is 10.2. The van der Waals surface area contributed by atoms with Crippen LogP contribution in [0.1, 0.15) is 10.4 Å². The molecule has 0 N–H and O–H groups in total. The first-order valence-corrected chi connectivity index (χ1v) is 6.17. The molecule has 4 nitrogen and oxygen atoms in total. The maximum atomic E-state index is 10.9. The minimum absolute atomic E-state index is 0.0425. The lowest BCUT2D eigenvalue weighted by Crippen LogP contribution is -2.04. The first kappa shape index (κ1) is 16.0. The third kappa shape index (κ3) is 5.73. The molecule has 6 heteroatoms. The van der Waals surface area contributed by atoms with Gasteiger partial charge in [-0.05, 0) is 24.3 Å². The van der Waals surface area contributed by atoms with Gasteiger partial charge in [-0.25, -0.2) is 9.68 Å². The van der Waals surface area contributed by atoms with E-state index in [4.69, 9.17) is 23.2 Å². The summed E-state index contributed by atoms with van der Waals surface area (Å²) in [5.41, 5.74) is 0.333. The smallest absolute Gasteiger partial charge is 0.251 e. The Morgan fingerprint density at radius 1 is 0.900 bits per heavy atom. The van der Waals surface area contributed by atoms with E-state index in [-0.39, 0.29) is 6.47 Å². The van der Waals surface area contributed by atoms with E-state index < -0.39 is 5.97 Å². The minimum atomic E-state index is -0.692. The normalized spacial score (nSPS) is 8.90. The first-order chi connectivity index (χ1) is 9.65. The van der Waals surface area contributed by atoms with Crippen molar-refractivity contribution in [3.05, 3.63) is 70.2 Å².